The molecule has 2 aliphatic heterocycles. The molecule has 2 aliphatic rings. The van der Waals surface area contributed by atoms with Gasteiger partial charge in [-0.15, -0.1) is 0 Å². The number of amides is 3. The molecule has 1 fully saturated rings. The van der Waals surface area contributed by atoms with Crippen molar-refractivity contribution >= 4 is 33.2 Å². The molecule has 13 heteroatoms. The SMILES string of the molecule is C[C@H]1Cn2ncc(N3CC(CS(C)(=O)=O)CC3=O)c2CN1C(=O)Nc1cc(F)c(F)c(F)c1. The second-order valence-corrected chi connectivity index (χ2v) is 10.7. The predicted octanol–water partition coefficient (Wildman–Crippen LogP) is 2.13. The van der Waals surface area contributed by atoms with Gasteiger partial charge in [-0.05, 0) is 12.8 Å². The summed E-state index contributed by atoms with van der Waals surface area (Å²) in [5.41, 5.74) is 0.828. The highest BCUT2D eigenvalue weighted by atomic mass is 32.2. The second kappa shape index (κ2) is 8.36. The van der Waals surface area contributed by atoms with Gasteiger partial charge in [-0.25, -0.2) is 26.4 Å². The lowest BCUT2D eigenvalue weighted by atomic mass is 10.1. The minimum atomic E-state index is -3.24. The molecule has 1 aromatic carbocycles. The Morgan fingerprint density at radius 1 is 1.21 bits per heavy atom. The molecule has 3 heterocycles. The Labute approximate surface area is 188 Å². The van der Waals surface area contributed by atoms with E-state index in [0.29, 0.717) is 30.1 Å². The van der Waals surface area contributed by atoms with E-state index in [1.807, 2.05) is 0 Å². The van der Waals surface area contributed by atoms with Gasteiger partial charge in [0.1, 0.15) is 9.84 Å². The normalized spacial score (nSPS) is 20.8. The number of urea groups is 1. The standard InChI is InChI=1S/C20H22F3N5O4S/c1-11-7-28-17(9-26(11)20(30)25-13-4-14(21)19(23)15(22)5-13)16(6-24-28)27-8-12(3-18(27)29)10-33(2,31)32/h4-6,11-12H,3,7-10H2,1-2H3,(H,25,30)/t11-,12?/m0/s1. The van der Waals surface area contributed by atoms with Gasteiger partial charge in [-0.2, -0.15) is 5.10 Å². The smallest absolute Gasteiger partial charge is 0.314 e. The van der Waals surface area contributed by atoms with E-state index in [1.165, 1.54) is 16.0 Å². The number of benzene rings is 1. The summed E-state index contributed by atoms with van der Waals surface area (Å²) in [5, 5.41) is 6.67. The van der Waals surface area contributed by atoms with Crippen molar-refractivity contribution in [1.29, 1.82) is 0 Å². The van der Waals surface area contributed by atoms with Crippen LogP contribution in [-0.2, 0) is 27.7 Å². The number of hydrogen-bond acceptors (Lipinski definition) is 5. The number of fused-ring (bicyclic) bond motifs is 1. The van der Waals surface area contributed by atoms with Crippen LogP contribution in [0.2, 0.25) is 0 Å². The van der Waals surface area contributed by atoms with E-state index < -0.39 is 33.3 Å². The first kappa shape index (κ1) is 23.1. The summed E-state index contributed by atoms with van der Waals surface area (Å²) in [4.78, 5) is 28.3. The number of rotatable bonds is 4. The Bertz CT molecular complexity index is 1210. The summed E-state index contributed by atoms with van der Waals surface area (Å²) < 4.78 is 65.1. The number of carbonyl (C=O) groups is 2. The summed E-state index contributed by atoms with van der Waals surface area (Å²) in [6.45, 7) is 2.35. The molecule has 33 heavy (non-hydrogen) atoms. The second-order valence-electron chi connectivity index (χ2n) is 8.49. The van der Waals surface area contributed by atoms with Gasteiger partial charge in [0.15, 0.2) is 17.5 Å². The van der Waals surface area contributed by atoms with Gasteiger partial charge in [0.25, 0.3) is 0 Å². The molecule has 178 valence electrons. The molecule has 4 rings (SSSR count). The molecule has 9 nitrogen and oxygen atoms in total. The summed E-state index contributed by atoms with van der Waals surface area (Å²) in [5.74, 6) is -5.14. The lowest BCUT2D eigenvalue weighted by molar-refractivity contribution is -0.117. The average Bonchev–Trinajstić information content (AvgIpc) is 3.25. The summed E-state index contributed by atoms with van der Waals surface area (Å²) in [6, 6.07) is 0.373. The van der Waals surface area contributed by atoms with E-state index in [2.05, 4.69) is 10.4 Å². The predicted molar refractivity (Wildman–Crippen MR) is 113 cm³/mol. The molecular formula is C20H22F3N5O4S. The third-order valence-corrected chi connectivity index (χ3v) is 6.82. The monoisotopic (exact) mass is 485 g/mol. The van der Waals surface area contributed by atoms with Gasteiger partial charge >= 0.3 is 6.03 Å². The quantitative estimate of drug-likeness (QED) is 0.669. The van der Waals surface area contributed by atoms with Crippen LogP contribution < -0.4 is 10.2 Å². The molecule has 2 aromatic rings. The van der Waals surface area contributed by atoms with Crippen LogP contribution in [-0.4, -0.2) is 59.6 Å². The molecule has 3 amide bonds. The molecule has 1 unspecified atom stereocenters. The van der Waals surface area contributed by atoms with Crippen molar-refractivity contribution in [3.63, 3.8) is 0 Å². The van der Waals surface area contributed by atoms with Gasteiger partial charge < -0.3 is 15.1 Å². The highest BCUT2D eigenvalue weighted by Gasteiger charge is 2.37. The summed E-state index contributed by atoms with van der Waals surface area (Å²) >= 11 is 0. The number of nitrogens with one attached hydrogen (secondary N) is 1. The molecule has 1 saturated heterocycles. The van der Waals surface area contributed by atoms with Gasteiger partial charge in [0.05, 0.1) is 42.5 Å². The highest BCUT2D eigenvalue weighted by molar-refractivity contribution is 7.90. The summed E-state index contributed by atoms with van der Waals surface area (Å²) in [7, 11) is -3.24. The molecule has 1 aromatic heterocycles. The molecule has 0 radical (unpaired) electrons. The number of anilines is 2. The van der Waals surface area contributed by atoms with Crippen molar-refractivity contribution in [1.82, 2.24) is 14.7 Å². The van der Waals surface area contributed by atoms with Gasteiger partial charge in [-0.3, -0.25) is 9.48 Å². The third kappa shape index (κ3) is 4.68. The van der Waals surface area contributed by atoms with Crippen LogP contribution in [0.25, 0.3) is 0 Å². The van der Waals surface area contributed by atoms with Crippen LogP contribution in [0.1, 0.15) is 19.0 Å². The lowest BCUT2D eigenvalue weighted by Gasteiger charge is -2.35. The Balaban J connectivity index is 1.53. The number of hydrogen-bond donors (Lipinski definition) is 1. The zero-order valence-corrected chi connectivity index (χ0v) is 18.7. The van der Waals surface area contributed by atoms with Gasteiger partial charge in [-0.1, -0.05) is 0 Å². The fourth-order valence-electron chi connectivity index (χ4n) is 4.26. The lowest BCUT2D eigenvalue weighted by Crippen LogP contribution is -2.47. The first-order valence-corrected chi connectivity index (χ1v) is 12.2. The number of aromatic nitrogens is 2. The van der Waals surface area contributed by atoms with Crippen molar-refractivity contribution in [3.8, 4) is 0 Å². The van der Waals surface area contributed by atoms with E-state index in [1.54, 1.807) is 11.6 Å². The van der Waals surface area contributed by atoms with Gasteiger partial charge in [0.2, 0.25) is 5.91 Å². The minimum absolute atomic E-state index is 0.0506. The Morgan fingerprint density at radius 2 is 1.88 bits per heavy atom. The maximum absolute atomic E-state index is 13.5. The van der Waals surface area contributed by atoms with E-state index >= 15 is 0 Å². The first-order chi connectivity index (χ1) is 15.4. The number of carbonyl (C=O) groups excluding carboxylic acids is 2. The molecule has 2 atom stereocenters. The van der Waals surface area contributed by atoms with Crippen LogP contribution in [0.4, 0.5) is 29.3 Å². The Morgan fingerprint density at radius 3 is 2.52 bits per heavy atom. The van der Waals surface area contributed by atoms with Crippen LogP contribution in [0.15, 0.2) is 18.3 Å². The fraction of sp³-hybridized carbons (Fsp3) is 0.450. The largest absolute Gasteiger partial charge is 0.322 e. The number of sulfone groups is 1. The van der Waals surface area contributed by atoms with Crippen LogP contribution in [0, 0.1) is 23.4 Å². The van der Waals surface area contributed by atoms with E-state index in [4.69, 9.17) is 0 Å². The van der Waals surface area contributed by atoms with Crippen molar-refractivity contribution in [2.75, 3.05) is 28.8 Å². The minimum Gasteiger partial charge on any atom is -0.314 e. The Hall–Kier alpha value is -3.09. The van der Waals surface area contributed by atoms with Crippen molar-refractivity contribution in [2.24, 2.45) is 5.92 Å². The molecular weight excluding hydrogens is 463 g/mol. The van der Waals surface area contributed by atoms with E-state index in [-0.39, 0.29) is 48.8 Å². The van der Waals surface area contributed by atoms with Crippen molar-refractivity contribution in [3.05, 3.63) is 41.5 Å². The molecule has 0 bridgehead atoms. The zero-order chi connectivity index (χ0) is 24.1. The maximum atomic E-state index is 13.5. The number of nitrogens with zero attached hydrogens (tertiary/aromatic N) is 4. The average molecular weight is 485 g/mol. The third-order valence-electron chi connectivity index (χ3n) is 5.75. The molecule has 0 aliphatic carbocycles. The van der Waals surface area contributed by atoms with Crippen LogP contribution in [0.3, 0.4) is 0 Å². The molecule has 0 spiro atoms. The highest BCUT2D eigenvalue weighted by Crippen LogP contribution is 2.32. The van der Waals surface area contributed by atoms with E-state index in [9.17, 15) is 31.2 Å². The van der Waals surface area contributed by atoms with Crippen LogP contribution in [0.5, 0.6) is 0 Å². The summed E-state index contributed by atoms with van der Waals surface area (Å²) in [6.07, 6.45) is 2.73. The number of halogens is 3. The molecule has 1 N–H and O–H groups in total. The molecule has 0 saturated carbocycles. The van der Waals surface area contributed by atoms with E-state index in [0.717, 1.165) is 6.26 Å². The fourth-order valence-corrected chi connectivity index (χ4v) is 5.34. The first-order valence-electron chi connectivity index (χ1n) is 10.2. The van der Waals surface area contributed by atoms with Gasteiger partial charge in [0, 0.05) is 37.0 Å². The van der Waals surface area contributed by atoms with Crippen molar-refractivity contribution < 1.29 is 31.2 Å². The van der Waals surface area contributed by atoms with Crippen molar-refractivity contribution in [2.45, 2.75) is 32.5 Å². The van der Waals surface area contributed by atoms with Crippen LogP contribution >= 0.6 is 0 Å². The topological polar surface area (TPSA) is 105 Å². The zero-order valence-electron chi connectivity index (χ0n) is 17.9. The Kier molecular flexibility index (Phi) is 5.85. The maximum Gasteiger partial charge on any atom is 0.322 e.